The van der Waals surface area contributed by atoms with E-state index in [2.05, 4.69) is 20.4 Å². The molecule has 3 aromatic rings. The van der Waals surface area contributed by atoms with Gasteiger partial charge < -0.3 is 10.2 Å². The average Bonchev–Trinajstić information content (AvgIpc) is 2.79. The number of fused-ring (bicyclic) bond motifs is 1. The standard InChI is InChI=1S/C23H25F4N5/c1-28-21-18-5-3-4-6-19(18)22(30-29-21)32-11-9-17(10-12-32)31(2)14-15-7-8-16(24)13-20(15)23(25,26)27/h3-8,13,17H,9-12,14H2,1-2H3,(H,28,29). The lowest BCUT2D eigenvalue weighted by atomic mass is 10.0. The molecule has 1 aliphatic heterocycles. The molecular weight excluding hydrogens is 422 g/mol. The third-order valence-electron chi connectivity index (χ3n) is 6.09. The van der Waals surface area contributed by atoms with E-state index in [1.54, 1.807) is 0 Å². The minimum atomic E-state index is -4.58. The van der Waals surface area contributed by atoms with E-state index in [0.717, 1.165) is 54.4 Å². The molecule has 0 bridgehead atoms. The van der Waals surface area contributed by atoms with E-state index in [4.69, 9.17) is 0 Å². The first-order valence-corrected chi connectivity index (χ1v) is 10.5. The summed E-state index contributed by atoms with van der Waals surface area (Å²) in [5, 5.41) is 13.8. The van der Waals surface area contributed by atoms with Gasteiger partial charge in [-0.1, -0.05) is 30.3 Å². The second-order valence-electron chi connectivity index (χ2n) is 8.10. The molecule has 4 rings (SSSR count). The smallest absolute Gasteiger partial charge is 0.371 e. The van der Waals surface area contributed by atoms with E-state index in [9.17, 15) is 17.6 Å². The summed E-state index contributed by atoms with van der Waals surface area (Å²) in [6.07, 6.45) is -3.02. The van der Waals surface area contributed by atoms with Crippen LogP contribution in [0, 0.1) is 5.82 Å². The largest absolute Gasteiger partial charge is 0.416 e. The van der Waals surface area contributed by atoms with Crippen molar-refractivity contribution in [2.45, 2.75) is 31.6 Å². The summed E-state index contributed by atoms with van der Waals surface area (Å²) in [5.41, 5.74) is -0.823. The Balaban J connectivity index is 1.47. The molecule has 0 saturated carbocycles. The zero-order valence-corrected chi connectivity index (χ0v) is 18.0. The van der Waals surface area contributed by atoms with E-state index in [1.807, 2.05) is 43.3 Å². The van der Waals surface area contributed by atoms with Crippen molar-refractivity contribution >= 4 is 22.4 Å². The van der Waals surface area contributed by atoms with Gasteiger partial charge in [-0.05, 0) is 37.6 Å². The number of nitrogens with one attached hydrogen (secondary N) is 1. The Labute approximate surface area is 184 Å². The molecule has 5 nitrogen and oxygen atoms in total. The molecule has 170 valence electrons. The van der Waals surface area contributed by atoms with Crippen molar-refractivity contribution < 1.29 is 17.6 Å². The third kappa shape index (κ3) is 4.48. The zero-order chi connectivity index (χ0) is 22.9. The maximum Gasteiger partial charge on any atom is 0.416 e. The summed E-state index contributed by atoms with van der Waals surface area (Å²) in [6.45, 7) is 1.56. The molecule has 0 aliphatic carbocycles. The Kier molecular flexibility index (Phi) is 6.19. The number of anilines is 2. The SMILES string of the molecule is CNc1nnc(N2CCC(N(C)Cc3ccc(F)cc3C(F)(F)F)CC2)c2ccccc12. The number of hydrogen-bond donors (Lipinski definition) is 1. The van der Waals surface area contributed by atoms with Gasteiger partial charge in [-0.2, -0.15) is 13.2 Å². The number of benzene rings is 2. The Morgan fingerprint density at radius 3 is 2.41 bits per heavy atom. The van der Waals surface area contributed by atoms with Crippen LogP contribution in [0.3, 0.4) is 0 Å². The monoisotopic (exact) mass is 447 g/mol. The van der Waals surface area contributed by atoms with Gasteiger partial charge >= 0.3 is 6.18 Å². The predicted octanol–water partition coefficient (Wildman–Crippen LogP) is 4.93. The lowest BCUT2D eigenvalue weighted by Crippen LogP contribution is -2.43. The first-order valence-electron chi connectivity index (χ1n) is 10.5. The molecule has 1 aliphatic rings. The highest BCUT2D eigenvalue weighted by molar-refractivity contribution is 5.98. The van der Waals surface area contributed by atoms with Crippen LogP contribution in [0.1, 0.15) is 24.0 Å². The second-order valence-corrected chi connectivity index (χ2v) is 8.10. The van der Waals surface area contributed by atoms with Crippen LogP contribution in [0.15, 0.2) is 42.5 Å². The van der Waals surface area contributed by atoms with Crippen LogP contribution >= 0.6 is 0 Å². The quantitative estimate of drug-likeness (QED) is 0.562. The maximum atomic E-state index is 13.4. The Morgan fingerprint density at radius 1 is 1.06 bits per heavy atom. The molecule has 0 radical (unpaired) electrons. The number of rotatable bonds is 5. The van der Waals surface area contributed by atoms with Crippen LogP contribution in [0.4, 0.5) is 29.2 Å². The summed E-state index contributed by atoms with van der Waals surface area (Å²) >= 11 is 0. The number of hydrogen-bond acceptors (Lipinski definition) is 5. The molecule has 2 heterocycles. The van der Waals surface area contributed by atoms with Crippen LogP contribution in [0.2, 0.25) is 0 Å². The molecule has 9 heteroatoms. The number of halogens is 4. The molecule has 1 N–H and O–H groups in total. The highest BCUT2D eigenvalue weighted by Crippen LogP contribution is 2.34. The van der Waals surface area contributed by atoms with Crippen molar-refractivity contribution in [1.29, 1.82) is 0 Å². The molecule has 1 saturated heterocycles. The molecule has 1 fully saturated rings. The highest BCUT2D eigenvalue weighted by atomic mass is 19.4. The first-order chi connectivity index (χ1) is 15.3. The van der Waals surface area contributed by atoms with Gasteiger partial charge in [-0.25, -0.2) is 4.39 Å². The lowest BCUT2D eigenvalue weighted by molar-refractivity contribution is -0.138. The van der Waals surface area contributed by atoms with Crippen LogP contribution in [0.5, 0.6) is 0 Å². The van der Waals surface area contributed by atoms with Gasteiger partial charge in [0, 0.05) is 43.5 Å². The van der Waals surface area contributed by atoms with Crippen molar-refractivity contribution in [3.63, 3.8) is 0 Å². The number of aromatic nitrogens is 2. The minimum absolute atomic E-state index is 0.0864. The number of alkyl halides is 3. The van der Waals surface area contributed by atoms with Gasteiger partial charge in [0.15, 0.2) is 11.6 Å². The molecule has 32 heavy (non-hydrogen) atoms. The summed E-state index contributed by atoms with van der Waals surface area (Å²) < 4.78 is 53.4. The zero-order valence-electron chi connectivity index (χ0n) is 18.0. The van der Waals surface area contributed by atoms with E-state index in [0.29, 0.717) is 6.07 Å². The van der Waals surface area contributed by atoms with Gasteiger partial charge in [0.1, 0.15) is 5.82 Å². The summed E-state index contributed by atoms with van der Waals surface area (Å²) in [7, 11) is 3.63. The lowest BCUT2D eigenvalue weighted by Gasteiger charge is -2.37. The van der Waals surface area contributed by atoms with E-state index >= 15 is 0 Å². The van der Waals surface area contributed by atoms with Crippen molar-refractivity contribution in [2.75, 3.05) is 37.4 Å². The van der Waals surface area contributed by atoms with Gasteiger partial charge in [-0.15, -0.1) is 10.2 Å². The van der Waals surface area contributed by atoms with Crippen molar-refractivity contribution in [1.82, 2.24) is 15.1 Å². The fourth-order valence-electron chi connectivity index (χ4n) is 4.37. The average molecular weight is 447 g/mol. The predicted molar refractivity (Wildman–Crippen MR) is 117 cm³/mol. The van der Waals surface area contributed by atoms with E-state index < -0.39 is 17.6 Å². The molecular formula is C23H25F4N5. The van der Waals surface area contributed by atoms with Gasteiger partial charge in [0.25, 0.3) is 0 Å². The van der Waals surface area contributed by atoms with Gasteiger partial charge in [0.2, 0.25) is 0 Å². The Hall–Kier alpha value is -2.94. The molecule has 1 aromatic heterocycles. The fourth-order valence-corrected chi connectivity index (χ4v) is 4.37. The molecule has 0 unspecified atom stereocenters. The molecule has 0 amide bonds. The number of nitrogens with zero attached hydrogens (tertiary/aromatic N) is 4. The maximum absolute atomic E-state index is 13.4. The third-order valence-corrected chi connectivity index (χ3v) is 6.09. The van der Waals surface area contributed by atoms with Crippen LogP contribution in [-0.4, -0.2) is 48.3 Å². The first kappa shape index (κ1) is 22.3. The fraction of sp³-hybridized carbons (Fsp3) is 0.391. The van der Waals surface area contributed by atoms with Crippen molar-refractivity contribution in [2.24, 2.45) is 0 Å². The van der Waals surface area contributed by atoms with Crippen LogP contribution in [0.25, 0.3) is 10.8 Å². The normalized spacial score (nSPS) is 15.5. The molecule has 0 atom stereocenters. The van der Waals surface area contributed by atoms with E-state index in [1.165, 1.54) is 6.07 Å². The summed E-state index contributed by atoms with van der Waals surface area (Å²) in [4.78, 5) is 4.10. The van der Waals surface area contributed by atoms with Gasteiger partial charge in [-0.3, -0.25) is 4.90 Å². The molecule has 0 spiro atoms. The number of piperidine rings is 1. The second kappa shape index (κ2) is 8.90. The Bertz CT molecular complexity index is 1090. The minimum Gasteiger partial charge on any atom is -0.371 e. The van der Waals surface area contributed by atoms with Gasteiger partial charge in [0.05, 0.1) is 5.56 Å². The van der Waals surface area contributed by atoms with E-state index in [-0.39, 0.29) is 18.2 Å². The summed E-state index contributed by atoms with van der Waals surface area (Å²) in [6, 6.07) is 11.0. The van der Waals surface area contributed by atoms with Crippen LogP contribution < -0.4 is 10.2 Å². The van der Waals surface area contributed by atoms with Crippen LogP contribution in [-0.2, 0) is 12.7 Å². The summed E-state index contributed by atoms with van der Waals surface area (Å²) in [5.74, 6) is 0.659. The Morgan fingerprint density at radius 2 is 1.75 bits per heavy atom. The molecule has 2 aromatic carbocycles. The van der Waals surface area contributed by atoms with Crippen molar-refractivity contribution in [3.05, 3.63) is 59.4 Å². The van der Waals surface area contributed by atoms with Crippen molar-refractivity contribution in [3.8, 4) is 0 Å². The highest BCUT2D eigenvalue weighted by Gasteiger charge is 2.34. The topological polar surface area (TPSA) is 44.3 Å².